The topological polar surface area (TPSA) is 136 Å². The Morgan fingerprint density at radius 2 is 2.03 bits per heavy atom. The number of fused-ring (bicyclic) bond motifs is 3. The molecule has 0 bridgehead atoms. The van der Waals surface area contributed by atoms with Gasteiger partial charge in [-0.05, 0) is 37.0 Å². The molecule has 0 saturated carbocycles. The second kappa shape index (κ2) is 9.55. The van der Waals surface area contributed by atoms with Crippen LogP contribution in [0.1, 0.15) is 27.2 Å². The van der Waals surface area contributed by atoms with Gasteiger partial charge in [0.2, 0.25) is 5.91 Å². The highest BCUT2D eigenvalue weighted by atomic mass is 32.2. The van der Waals surface area contributed by atoms with Crippen molar-refractivity contribution in [1.82, 2.24) is 20.4 Å². The third kappa shape index (κ3) is 4.66. The molecule has 4 rings (SSSR count). The zero-order valence-corrected chi connectivity index (χ0v) is 19.0. The lowest BCUT2D eigenvalue weighted by atomic mass is 10.2. The van der Waals surface area contributed by atoms with Crippen LogP contribution in [0.3, 0.4) is 0 Å². The van der Waals surface area contributed by atoms with E-state index in [1.807, 2.05) is 0 Å². The van der Waals surface area contributed by atoms with E-state index in [9.17, 15) is 24.5 Å². The van der Waals surface area contributed by atoms with E-state index in [-0.39, 0.29) is 29.1 Å². The van der Waals surface area contributed by atoms with Gasteiger partial charge >= 0.3 is 0 Å². The van der Waals surface area contributed by atoms with Crippen molar-refractivity contribution in [2.75, 3.05) is 5.75 Å². The number of rotatable bonds is 7. The van der Waals surface area contributed by atoms with E-state index in [2.05, 4.69) is 22.4 Å². The van der Waals surface area contributed by atoms with Crippen molar-refractivity contribution in [3.8, 4) is 0 Å². The number of nitrogens with one attached hydrogen (secondary N) is 2. The molecular weight excluding hydrogens is 466 g/mol. The van der Waals surface area contributed by atoms with Crippen LogP contribution in [0, 0.1) is 10.1 Å². The van der Waals surface area contributed by atoms with Crippen LogP contribution >= 0.6 is 23.1 Å². The molecule has 0 unspecified atom stereocenters. The molecule has 10 nitrogen and oxygen atoms in total. The van der Waals surface area contributed by atoms with Gasteiger partial charge in [0.05, 0.1) is 16.1 Å². The van der Waals surface area contributed by atoms with E-state index in [1.165, 1.54) is 45.0 Å². The summed E-state index contributed by atoms with van der Waals surface area (Å²) in [5.41, 5.74) is 5.54. The molecule has 33 heavy (non-hydrogen) atoms. The molecule has 0 fully saturated rings. The van der Waals surface area contributed by atoms with Crippen LogP contribution in [-0.4, -0.2) is 32.0 Å². The molecule has 2 aromatic heterocycles. The van der Waals surface area contributed by atoms with Crippen molar-refractivity contribution in [2.45, 2.75) is 31.0 Å². The first-order valence-corrected chi connectivity index (χ1v) is 11.8. The molecule has 1 aliphatic carbocycles. The maximum atomic E-state index is 13.1. The number of carbonyl (C=O) groups excluding carboxylic acids is 2. The summed E-state index contributed by atoms with van der Waals surface area (Å²) in [5, 5.41) is 11.8. The molecule has 2 amide bonds. The Hall–Kier alpha value is -3.51. The summed E-state index contributed by atoms with van der Waals surface area (Å²) < 4.78 is 1.51. The van der Waals surface area contributed by atoms with Crippen molar-refractivity contribution in [1.29, 1.82) is 0 Å². The number of allylic oxidation sites excluding steroid dienone is 1. The Morgan fingerprint density at radius 1 is 1.27 bits per heavy atom. The number of hydrogen-bond donors (Lipinski definition) is 2. The van der Waals surface area contributed by atoms with E-state index in [0.717, 1.165) is 36.6 Å². The van der Waals surface area contributed by atoms with Gasteiger partial charge in [0, 0.05) is 29.1 Å². The van der Waals surface area contributed by atoms with Gasteiger partial charge in [-0.2, -0.15) is 0 Å². The molecule has 170 valence electrons. The van der Waals surface area contributed by atoms with Crippen LogP contribution in [0.4, 0.5) is 5.69 Å². The Morgan fingerprint density at radius 3 is 2.73 bits per heavy atom. The number of thiophene rings is 1. The number of aryl methyl sites for hydroxylation is 2. The zero-order valence-electron chi connectivity index (χ0n) is 17.3. The second-order valence-corrected chi connectivity index (χ2v) is 9.26. The third-order valence-electron chi connectivity index (χ3n) is 5.09. The molecule has 0 atom stereocenters. The minimum atomic E-state index is -0.612. The number of carbonyl (C=O) groups is 2. The Kier molecular flexibility index (Phi) is 6.56. The fraction of sp³-hybridized carbons (Fsp3) is 0.238. The largest absolute Gasteiger partial charge is 0.283 e. The fourth-order valence-corrected chi connectivity index (χ4v) is 5.67. The predicted octanol–water partition coefficient (Wildman–Crippen LogP) is 2.59. The average Bonchev–Trinajstić information content (AvgIpc) is 3.39. The molecule has 0 aliphatic heterocycles. The molecule has 2 N–H and O–H groups in total. The molecule has 1 aliphatic rings. The molecule has 0 spiro atoms. The van der Waals surface area contributed by atoms with Crippen LogP contribution in [0.5, 0.6) is 0 Å². The maximum Gasteiger partial charge on any atom is 0.269 e. The average molecular weight is 486 g/mol. The van der Waals surface area contributed by atoms with Crippen molar-refractivity contribution in [3.05, 3.63) is 73.4 Å². The standard InChI is InChI=1S/C21H19N5O5S2/c1-2-10-25-20(29)17-14-4-3-5-15(14)33-19(17)22-21(25)32-11-16(27)23-24-18(28)12-6-8-13(9-7-12)26(30)31/h2,6-9H,1,3-5,10-11H2,(H,23,27)(H,24,28). The van der Waals surface area contributed by atoms with Crippen LogP contribution in [-0.2, 0) is 24.2 Å². The number of aromatic nitrogens is 2. The number of nitro benzene ring substituents is 1. The highest BCUT2D eigenvalue weighted by Crippen LogP contribution is 2.35. The number of hydrogen-bond acceptors (Lipinski definition) is 8. The quantitative estimate of drug-likeness (QED) is 0.173. The van der Waals surface area contributed by atoms with Gasteiger partial charge in [-0.15, -0.1) is 17.9 Å². The molecule has 12 heteroatoms. The second-order valence-electron chi connectivity index (χ2n) is 7.23. The number of amides is 2. The molecule has 2 heterocycles. The van der Waals surface area contributed by atoms with E-state index in [4.69, 9.17) is 0 Å². The highest BCUT2D eigenvalue weighted by Gasteiger charge is 2.23. The van der Waals surface area contributed by atoms with Crippen molar-refractivity contribution in [2.24, 2.45) is 0 Å². The van der Waals surface area contributed by atoms with Crippen LogP contribution in [0.25, 0.3) is 10.2 Å². The lowest BCUT2D eigenvalue weighted by molar-refractivity contribution is -0.384. The number of hydrazine groups is 1. The third-order valence-corrected chi connectivity index (χ3v) is 7.25. The molecule has 0 saturated heterocycles. The summed E-state index contributed by atoms with van der Waals surface area (Å²) in [7, 11) is 0. The summed E-state index contributed by atoms with van der Waals surface area (Å²) in [6.45, 7) is 3.98. The van der Waals surface area contributed by atoms with Crippen molar-refractivity contribution < 1.29 is 14.5 Å². The monoisotopic (exact) mass is 485 g/mol. The smallest absolute Gasteiger partial charge is 0.269 e. The minimum Gasteiger partial charge on any atom is -0.283 e. The first-order chi connectivity index (χ1) is 15.9. The molecule has 1 aromatic carbocycles. The Labute approximate surface area is 195 Å². The number of nitrogens with zero attached hydrogens (tertiary/aromatic N) is 3. The van der Waals surface area contributed by atoms with Gasteiger partial charge in [-0.25, -0.2) is 4.98 Å². The lowest BCUT2D eigenvalue weighted by Gasteiger charge is -2.11. The molecule has 0 radical (unpaired) electrons. The number of benzene rings is 1. The van der Waals surface area contributed by atoms with Gasteiger partial charge in [0.1, 0.15) is 4.83 Å². The van der Waals surface area contributed by atoms with Crippen LogP contribution < -0.4 is 16.4 Å². The SMILES string of the molecule is C=CCn1c(SCC(=O)NNC(=O)c2ccc([N+](=O)[O-])cc2)nc2sc3c(c2c1=O)CCC3. The van der Waals surface area contributed by atoms with Crippen LogP contribution in [0.2, 0.25) is 0 Å². The number of non-ortho nitro benzene ring substituents is 1. The molecular formula is C21H19N5O5S2. The first-order valence-electron chi connectivity index (χ1n) is 10.0. The zero-order chi connectivity index (χ0) is 23.5. The van der Waals surface area contributed by atoms with Gasteiger partial charge in [-0.3, -0.25) is 39.9 Å². The van der Waals surface area contributed by atoms with E-state index in [0.29, 0.717) is 15.4 Å². The van der Waals surface area contributed by atoms with E-state index < -0.39 is 16.7 Å². The van der Waals surface area contributed by atoms with Crippen molar-refractivity contribution >= 4 is 50.8 Å². The summed E-state index contributed by atoms with van der Waals surface area (Å²) >= 11 is 2.62. The normalized spacial score (nSPS) is 12.4. The van der Waals surface area contributed by atoms with Gasteiger partial charge < -0.3 is 0 Å². The van der Waals surface area contributed by atoms with E-state index >= 15 is 0 Å². The summed E-state index contributed by atoms with van der Waals surface area (Å²) in [6, 6.07) is 4.99. The van der Waals surface area contributed by atoms with Crippen LogP contribution in [0.15, 0.2) is 46.9 Å². The van der Waals surface area contributed by atoms with Gasteiger partial charge in [0.15, 0.2) is 5.16 Å². The lowest BCUT2D eigenvalue weighted by Crippen LogP contribution is -2.42. The summed E-state index contributed by atoms with van der Waals surface area (Å²) in [6.07, 6.45) is 4.48. The van der Waals surface area contributed by atoms with Crippen molar-refractivity contribution in [3.63, 3.8) is 0 Å². The first kappa shape index (κ1) is 22.7. The summed E-state index contributed by atoms with van der Waals surface area (Å²) in [4.78, 5) is 54.1. The van der Waals surface area contributed by atoms with Gasteiger partial charge in [-0.1, -0.05) is 17.8 Å². The minimum absolute atomic E-state index is 0.0826. The maximum absolute atomic E-state index is 13.1. The molecule has 3 aromatic rings. The highest BCUT2D eigenvalue weighted by molar-refractivity contribution is 7.99. The summed E-state index contributed by atoms with van der Waals surface area (Å²) in [5.74, 6) is -1.19. The predicted molar refractivity (Wildman–Crippen MR) is 126 cm³/mol. The fourth-order valence-electron chi connectivity index (χ4n) is 3.56. The number of thioether (sulfide) groups is 1. The Bertz CT molecular complexity index is 1330. The Balaban J connectivity index is 1.42. The van der Waals surface area contributed by atoms with E-state index in [1.54, 1.807) is 6.08 Å². The number of nitro groups is 1. The van der Waals surface area contributed by atoms with Gasteiger partial charge in [0.25, 0.3) is 17.2 Å².